The van der Waals surface area contributed by atoms with Crippen molar-refractivity contribution >= 4 is 27.7 Å². The molecule has 4 amide bonds. The van der Waals surface area contributed by atoms with Gasteiger partial charge in [-0.2, -0.15) is 5.01 Å². The lowest BCUT2D eigenvalue weighted by atomic mass is 9.92. The molecule has 0 bridgehead atoms. The molecule has 0 aromatic heterocycles. The second kappa shape index (κ2) is 8.92. The van der Waals surface area contributed by atoms with E-state index in [1.165, 1.54) is 7.11 Å². The molecule has 0 radical (unpaired) electrons. The van der Waals surface area contributed by atoms with E-state index in [9.17, 15) is 22.8 Å². The highest BCUT2D eigenvalue weighted by atomic mass is 32.2. The maximum atomic E-state index is 13.0. The third-order valence-electron chi connectivity index (χ3n) is 6.59. The number of hydrogen-bond acceptors (Lipinski definition) is 8. The van der Waals surface area contributed by atoms with E-state index in [1.54, 1.807) is 31.2 Å². The van der Waals surface area contributed by atoms with Gasteiger partial charge in [-0.15, -0.1) is 0 Å². The summed E-state index contributed by atoms with van der Waals surface area (Å²) in [5, 5.41) is 3.38. The molecular formula is C21H29N5O6S. The zero-order chi connectivity index (χ0) is 23.8. The van der Waals surface area contributed by atoms with Crippen molar-refractivity contribution in [2.75, 3.05) is 51.3 Å². The first-order valence-electron chi connectivity index (χ1n) is 10.9. The molecule has 3 aliphatic heterocycles. The van der Waals surface area contributed by atoms with Gasteiger partial charge in [0, 0.05) is 32.2 Å². The average molecular weight is 480 g/mol. The Morgan fingerprint density at radius 2 is 1.85 bits per heavy atom. The maximum Gasteiger partial charge on any atom is 0.344 e. The maximum absolute atomic E-state index is 13.0. The van der Waals surface area contributed by atoms with Crippen LogP contribution < -0.4 is 15.5 Å². The summed E-state index contributed by atoms with van der Waals surface area (Å²) in [5.41, 5.74) is 1.69. The van der Waals surface area contributed by atoms with Crippen molar-refractivity contribution in [2.45, 2.75) is 24.9 Å². The largest absolute Gasteiger partial charge is 0.497 e. The molecule has 11 nitrogen and oxygen atoms in total. The number of rotatable bonds is 6. The molecular weight excluding hydrogens is 450 g/mol. The Bertz CT molecular complexity index is 1040. The number of amides is 4. The number of carbonyl (C=O) groups excluding carboxylic acids is 3. The van der Waals surface area contributed by atoms with Crippen molar-refractivity contribution in [1.29, 1.82) is 0 Å². The topological polar surface area (TPSA) is 128 Å². The molecule has 0 spiro atoms. The molecule has 2 N–H and O–H groups in total. The van der Waals surface area contributed by atoms with Crippen LogP contribution in [0, 0.1) is 0 Å². The standard InChI is InChI=1S/C21H29N5O6S/c1-21(15-3-5-17(32-2)6-4-15)19(28)26(20(29)22-21)23-18(27)13-24-8-10-25(11-9-24)16-7-12-33(30,31)14-16/h3-6,16H,7-14H2,1-2H3,(H,22,29)(H,23,27)/t16-,21-/m1/s1. The summed E-state index contributed by atoms with van der Waals surface area (Å²) in [7, 11) is -1.40. The van der Waals surface area contributed by atoms with Crippen LogP contribution >= 0.6 is 0 Å². The fourth-order valence-corrected chi connectivity index (χ4v) is 6.34. The molecule has 180 valence electrons. The number of hydrogen-bond donors (Lipinski definition) is 2. The van der Waals surface area contributed by atoms with Gasteiger partial charge in [0.25, 0.3) is 11.8 Å². The van der Waals surface area contributed by atoms with E-state index in [4.69, 9.17) is 4.74 Å². The van der Waals surface area contributed by atoms with E-state index in [-0.39, 0.29) is 24.1 Å². The number of hydrazine groups is 1. The molecule has 0 unspecified atom stereocenters. The molecule has 4 rings (SSSR count). The number of carbonyl (C=O) groups is 3. The Labute approximate surface area is 192 Å². The Balaban J connectivity index is 1.30. The number of ether oxygens (including phenoxy) is 1. The number of nitrogens with zero attached hydrogens (tertiary/aromatic N) is 3. The lowest BCUT2D eigenvalue weighted by Crippen LogP contribution is -2.55. The van der Waals surface area contributed by atoms with Crippen LogP contribution in [-0.4, -0.2) is 98.5 Å². The predicted octanol–water partition coefficient (Wildman–Crippen LogP) is -0.702. The Morgan fingerprint density at radius 3 is 2.42 bits per heavy atom. The van der Waals surface area contributed by atoms with Crippen LogP contribution in [0.25, 0.3) is 0 Å². The van der Waals surface area contributed by atoms with Crippen LogP contribution in [0.2, 0.25) is 0 Å². The van der Waals surface area contributed by atoms with Gasteiger partial charge in [-0.1, -0.05) is 12.1 Å². The quantitative estimate of drug-likeness (QED) is 0.513. The minimum atomic E-state index is -2.94. The molecule has 2 atom stereocenters. The summed E-state index contributed by atoms with van der Waals surface area (Å²) in [6.45, 7) is 4.18. The van der Waals surface area contributed by atoms with Crippen molar-refractivity contribution in [3.63, 3.8) is 0 Å². The molecule has 33 heavy (non-hydrogen) atoms. The van der Waals surface area contributed by atoms with Crippen LogP contribution in [0.4, 0.5) is 4.79 Å². The molecule has 3 aliphatic rings. The first-order valence-corrected chi connectivity index (χ1v) is 12.7. The molecule has 12 heteroatoms. The third kappa shape index (κ3) is 4.82. The predicted molar refractivity (Wildman–Crippen MR) is 119 cm³/mol. The van der Waals surface area contributed by atoms with Crippen molar-refractivity contribution in [2.24, 2.45) is 0 Å². The van der Waals surface area contributed by atoms with E-state index in [0.29, 0.717) is 43.9 Å². The van der Waals surface area contributed by atoms with Gasteiger partial charge in [-0.3, -0.25) is 24.8 Å². The van der Waals surface area contributed by atoms with E-state index >= 15 is 0 Å². The number of methoxy groups -OCH3 is 1. The van der Waals surface area contributed by atoms with Crippen LogP contribution in [0.15, 0.2) is 24.3 Å². The van der Waals surface area contributed by atoms with Crippen molar-refractivity contribution < 1.29 is 27.5 Å². The summed E-state index contributed by atoms with van der Waals surface area (Å²) in [6, 6.07) is 6.13. The van der Waals surface area contributed by atoms with Crippen LogP contribution in [0.3, 0.4) is 0 Å². The monoisotopic (exact) mass is 479 g/mol. The van der Waals surface area contributed by atoms with Crippen LogP contribution in [0.1, 0.15) is 18.9 Å². The number of nitrogens with one attached hydrogen (secondary N) is 2. The van der Waals surface area contributed by atoms with Gasteiger partial charge >= 0.3 is 6.03 Å². The van der Waals surface area contributed by atoms with Crippen LogP contribution in [0.5, 0.6) is 5.75 Å². The van der Waals surface area contributed by atoms with Gasteiger partial charge in [0.1, 0.15) is 11.3 Å². The van der Waals surface area contributed by atoms with Crippen LogP contribution in [-0.2, 0) is 25.0 Å². The number of imide groups is 1. The first kappa shape index (κ1) is 23.5. The third-order valence-corrected chi connectivity index (χ3v) is 8.34. The molecule has 3 fully saturated rings. The Hall–Kier alpha value is -2.70. The number of benzene rings is 1. The van der Waals surface area contributed by atoms with E-state index < -0.39 is 33.2 Å². The molecule has 1 aromatic carbocycles. The zero-order valence-corrected chi connectivity index (χ0v) is 19.6. The number of piperazine rings is 1. The van der Waals surface area contributed by atoms with Gasteiger partial charge < -0.3 is 10.1 Å². The zero-order valence-electron chi connectivity index (χ0n) is 18.7. The summed E-state index contributed by atoms with van der Waals surface area (Å²) in [4.78, 5) is 42.1. The van der Waals surface area contributed by atoms with Gasteiger partial charge in [-0.05, 0) is 31.0 Å². The molecule has 1 aromatic rings. The van der Waals surface area contributed by atoms with Crippen molar-refractivity contribution in [3.8, 4) is 5.75 Å². The van der Waals surface area contributed by atoms with E-state index in [1.807, 2.05) is 4.90 Å². The Morgan fingerprint density at radius 1 is 1.18 bits per heavy atom. The van der Waals surface area contributed by atoms with Crippen molar-refractivity contribution in [1.82, 2.24) is 25.6 Å². The fourth-order valence-electron chi connectivity index (χ4n) is 4.57. The molecule has 3 saturated heterocycles. The minimum absolute atomic E-state index is 0.0348. The average Bonchev–Trinajstić information content (AvgIpc) is 3.26. The van der Waals surface area contributed by atoms with Gasteiger partial charge in [0.2, 0.25) is 0 Å². The van der Waals surface area contributed by atoms with Gasteiger partial charge in [0.05, 0.1) is 25.2 Å². The summed E-state index contributed by atoms with van der Waals surface area (Å²) in [5.74, 6) is 0.0282. The summed E-state index contributed by atoms with van der Waals surface area (Å²) in [6.07, 6.45) is 0.655. The highest BCUT2D eigenvalue weighted by molar-refractivity contribution is 7.91. The second-order valence-corrected chi connectivity index (χ2v) is 11.1. The molecule has 0 saturated carbocycles. The minimum Gasteiger partial charge on any atom is -0.497 e. The highest BCUT2D eigenvalue weighted by Crippen LogP contribution is 2.29. The summed E-state index contributed by atoms with van der Waals surface area (Å²) < 4.78 is 28.6. The van der Waals surface area contributed by atoms with Gasteiger partial charge in [0.15, 0.2) is 9.84 Å². The Kier molecular flexibility index (Phi) is 6.34. The van der Waals surface area contributed by atoms with E-state index in [2.05, 4.69) is 15.6 Å². The highest BCUT2D eigenvalue weighted by Gasteiger charge is 2.50. The van der Waals surface area contributed by atoms with E-state index in [0.717, 1.165) is 5.01 Å². The fraction of sp³-hybridized carbons (Fsp3) is 0.571. The number of sulfone groups is 1. The normalized spacial score (nSPS) is 28.1. The summed E-state index contributed by atoms with van der Waals surface area (Å²) >= 11 is 0. The SMILES string of the molecule is COc1ccc([C@@]2(C)NC(=O)N(NC(=O)CN3CCN([C@@H]4CCS(=O)(=O)C4)CC3)C2=O)cc1. The smallest absolute Gasteiger partial charge is 0.344 e. The van der Waals surface area contributed by atoms with Crippen molar-refractivity contribution in [3.05, 3.63) is 29.8 Å². The van der Waals surface area contributed by atoms with Gasteiger partial charge in [-0.25, -0.2) is 13.2 Å². The lowest BCUT2D eigenvalue weighted by Gasteiger charge is -2.37. The molecule has 0 aliphatic carbocycles. The lowest BCUT2D eigenvalue weighted by molar-refractivity contribution is -0.139. The first-order chi connectivity index (χ1) is 15.6. The second-order valence-electron chi connectivity index (χ2n) is 8.83. The molecule has 3 heterocycles. The number of urea groups is 1.